The number of hydrogen-bond donors (Lipinski definition) is 1. The standard InChI is InChI=1S/C20H18N6/c1-13-7-6-8-15(11-13)18-17-14(2)24-25(16-9-4-3-5-10-16)19(17)23-20-21-12-22-26(18)20/h3-12,18H,1-2H3,(H,21,22,23). The van der Waals surface area contributed by atoms with Crippen molar-refractivity contribution in [1.82, 2.24) is 24.5 Å². The summed E-state index contributed by atoms with van der Waals surface area (Å²) in [6, 6.07) is 18.6. The number of benzene rings is 2. The van der Waals surface area contributed by atoms with Crippen molar-refractivity contribution in [1.29, 1.82) is 0 Å². The largest absolute Gasteiger partial charge is 0.309 e. The molecule has 1 N–H and O–H groups in total. The zero-order valence-electron chi connectivity index (χ0n) is 14.6. The van der Waals surface area contributed by atoms with Crippen molar-refractivity contribution in [3.8, 4) is 5.69 Å². The minimum absolute atomic E-state index is 0.0545. The molecule has 2 aromatic carbocycles. The van der Waals surface area contributed by atoms with Crippen molar-refractivity contribution in [2.45, 2.75) is 19.9 Å². The summed E-state index contributed by atoms with van der Waals surface area (Å²) >= 11 is 0. The van der Waals surface area contributed by atoms with Gasteiger partial charge in [0.2, 0.25) is 5.95 Å². The summed E-state index contributed by atoms with van der Waals surface area (Å²) in [5.41, 5.74) is 5.51. The first-order valence-corrected chi connectivity index (χ1v) is 8.60. The summed E-state index contributed by atoms with van der Waals surface area (Å²) in [7, 11) is 0. The van der Waals surface area contributed by atoms with Gasteiger partial charge in [-0.1, -0.05) is 48.0 Å². The second kappa shape index (κ2) is 5.56. The van der Waals surface area contributed by atoms with Crippen LogP contribution in [-0.4, -0.2) is 24.5 Å². The maximum Gasteiger partial charge on any atom is 0.227 e. The van der Waals surface area contributed by atoms with Crippen LogP contribution in [-0.2, 0) is 0 Å². The number of nitrogens with one attached hydrogen (secondary N) is 1. The quantitative estimate of drug-likeness (QED) is 0.530. The predicted octanol–water partition coefficient (Wildman–Crippen LogP) is 3.78. The Hall–Kier alpha value is -3.41. The van der Waals surface area contributed by atoms with Gasteiger partial charge in [-0.05, 0) is 31.5 Å². The third kappa shape index (κ3) is 2.15. The average Bonchev–Trinajstić information content (AvgIpc) is 3.25. The second-order valence-electron chi connectivity index (χ2n) is 6.56. The molecule has 6 nitrogen and oxygen atoms in total. The molecule has 0 spiro atoms. The first kappa shape index (κ1) is 14.9. The highest BCUT2D eigenvalue weighted by molar-refractivity contribution is 5.65. The van der Waals surface area contributed by atoms with Crippen molar-refractivity contribution in [2.24, 2.45) is 0 Å². The highest BCUT2D eigenvalue weighted by Gasteiger charge is 2.33. The number of fused-ring (bicyclic) bond motifs is 2. The van der Waals surface area contributed by atoms with E-state index >= 15 is 0 Å². The molecular weight excluding hydrogens is 324 g/mol. The maximum absolute atomic E-state index is 4.81. The fraction of sp³-hybridized carbons (Fsp3) is 0.150. The van der Waals surface area contributed by atoms with Crippen molar-refractivity contribution < 1.29 is 0 Å². The summed E-state index contributed by atoms with van der Waals surface area (Å²) in [5, 5.41) is 12.7. The molecular formula is C20H18N6. The number of para-hydroxylation sites is 1. The molecule has 1 aliphatic rings. The van der Waals surface area contributed by atoms with Crippen LogP contribution < -0.4 is 5.32 Å². The van der Waals surface area contributed by atoms with Gasteiger partial charge < -0.3 is 5.32 Å². The van der Waals surface area contributed by atoms with E-state index in [1.807, 2.05) is 34.5 Å². The van der Waals surface area contributed by atoms with Crippen LogP contribution in [0.2, 0.25) is 0 Å². The van der Waals surface area contributed by atoms with Crippen LogP contribution in [0.15, 0.2) is 60.9 Å². The normalized spacial score (nSPS) is 15.2. The zero-order valence-corrected chi connectivity index (χ0v) is 14.6. The Labute approximate surface area is 151 Å². The summed E-state index contributed by atoms with van der Waals surface area (Å²) in [6.45, 7) is 4.15. The lowest BCUT2D eigenvalue weighted by Gasteiger charge is -2.26. The minimum Gasteiger partial charge on any atom is -0.309 e. The van der Waals surface area contributed by atoms with Crippen LogP contribution >= 0.6 is 0 Å². The Morgan fingerprint density at radius 2 is 1.85 bits per heavy atom. The predicted molar refractivity (Wildman–Crippen MR) is 100 cm³/mol. The number of nitrogens with zero attached hydrogens (tertiary/aromatic N) is 5. The number of anilines is 2. The van der Waals surface area contributed by atoms with Crippen molar-refractivity contribution in [2.75, 3.05) is 5.32 Å². The van der Waals surface area contributed by atoms with Gasteiger partial charge in [0.1, 0.15) is 18.2 Å². The van der Waals surface area contributed by atoms with Gasteiger partial charge in [-0.2, -0.15) is 15.2 Å². The van der Waals surface area contributed by atoms with Gasteiger partial charge >= 0.3 is 0 Å². The fourth-order valence-electron chi connectivity index (χ4n) is 3.65. The van der Waals surface area contributed by atoms with Crippen molar-refractivity contribution in [3.05, 3.63) is 83.3 Å². The van der Waals surface area contributed by atoms with Crippen molar-refractivity contribution in [3.63, 3.8) is 0 Å². The molecule has 0 bridgehead atoms. The molecule has 0 fully saturated rings. The molecule has 0 amide bonds. The molecule has 4 aromatic rings. The lowest BCUT2D eigenvalue weighted by atomic mass is 9.96. The fourth-order valence-corrected chi connectivity index (χ4v) is 3.65. The van der Waals surface area contributed by atoms with Gasteiger partial charge in [0, 0.05) is 5.56 Å². The Morgan fingerprint density at radius 3 is 2.65 bits per heavy atom. The van der Waals surface area contributed by atoms with E-state index in [1.165, 1.54) is 11.1 Å². The van der Waals surface area contributed by atoms with E-state index in [1.54, 1.807) is 6.33 Å². The summed E-state index contributed by atoms with van der Waals surface area (Å²) in [5.74, 6) is 1.67. The van der Waals surface area contributed by atoms with Crippen LogP contribution in [0.1, 0.15) is 28.4 Å². The van der Waals surface area contributed by atoms with Crippen LogP contribution in [0.3, 0.4) is 0 Å². The molecule has 1 aliphatic heterocycles. The molecule has 26 heavy (non-hydrogen) atoms. The van der Waals surface area contributed by atoms with E-state index in [0.29, 0.717) is 0 Å². The molecule has 3 heterocycles. The van der Waals surface area contributed by atoms with Gasteiger partial charge in [0.15, 0.2) is 0 Å². The third-order valence-electron chi connectivity index (χ3n) is 4.79. The van der Waals surface area contributed by atoms with Crippen LogP contribution in [0.25, 0.3) is 5.69 Å². The highest BCUT2D eigenvalue weighted by Crippen LogP contribution is 2.41. The lowest BCUT2D eigenvalue weighted by Crippen LogP contribution is -2.23. The van der Waals surface area contributed by atoms with Gasteiger partial charge in [-0.15, -0.1) is 0 Å². The van der Waals surface area contributed by atoms with E-state index in [2.05, 4.69) is 58.7 Å². The van der Waals surface area contributed by atoms with Crippen LogP contribution in [0, 0.1) is 13.8 Å². The number of aromatic nitrogens is 5. The first-order chi connectivity index (χ1) is 12.7. The Morgan fingerprint density at radius 1 is 1.00 bits per heavy atom. The topological polar surface area (TPSA) is 60.6 Å². The van der Waals surface area contributed by atoms with E-state index in [-0.39, 0.29) is 6.04 Å². The molecule has 6 heteroatoms. The monoisotopic (exact) mass is 342 g/mol. The van der Waals surface area contributed by atoms with Crippen LogP contribution in [0.4, 0.5) is 11.8 Å². The maximum atomic E-state index is 4.81. The smallest absolute Gasteiger partial charge is 0.227 e. The zero-order chi connectivity index (χ0) is 17.7. The highest BCUT2D eigenvalue weighted by atomic mass is 15.5. The first-order valence-electron chi connectivity index (χ1n) is 8.60. The molecule has 0 radical (unpaired) electrons. The molecule has 0 aliphatic carbocycles. The molecule has 2 aromatic heterocycles. The second-order valence-corrected chi connectivity index (χ2v) is 6.56. The van der Waals surface area contributed by atoms with Crippen molar-refractivity contribution >= 4 is 11.8 Å². The van der Waals surface area contributed by atoms with Gasteiger partial charge in [0.05, 0.1) is 11.4 Å². The number of aryl methyl sites for hydroxylation is 2. The summed E-state index contributed by atoms with van der Waals surface area (Å²) < 4.78 is 3.88. The van der Waals surface area contributed by atoms with Crippen LogP contribution in [0.5, 0.6) is 0 Å². The molecule has 1 atom stereocenters. The third-order valence-corrected chi connectivity index (χ3v) is 4.79. The van der Waals surface area contributed by atoms with Gasteiger partial charge in [-0.3, -0.25) is 0 Å². The van der Waals surface area contributed by atoms with E-state index < -0.39 is 0 Å². The average molecular weight is 342 g/mol. The number of hydrogen-bond acceptors (Lipinski definition) is 4. The molecule has 0 saturated carbocycles. The SMILES string of the molecule is Cc1cccc(C2c3c(C)nn(-c4ccccc4)c3Nc3ncnn32)c1. The minimum atomic E-state index is -0.0545. The summed E-state index contributed by atoms with van der Waals surface area (Å²) in [6.07, 6.45) is 1.59. The van der Waals surface area contributed by atoms with E-state index in [4.69, 9.17) is 5.10 Å². The molecule has 1 unspecified atom stereocenters. The Kier molecular flexibility index (Phi) is 3.18. The Bertz CT molecular complexity index is 1090. The molecule has 0 saturated heterocycles. The van der Waals surface area contributed by atoms with Gasteiger partial charge in [-0.25, -0.2) is 9.36 Å². The molecule has 128 valence electrons. The molecule has 5 rings (SSSR count). The lowest BCUT2D eigenvalue weighted by molar-refractivity contribution is 0.590. The Balaban J connectivity index is 1.76. The number of rotatable bonds is 2. The van der Waals surface area contributed by atoms with E-state index in [9.17, 15) is 0 Å². The summed E-state index contributed by atoms with van der Waals surface area (Å²) in [4.78, 5) is 4.40. The van der Waals surface area contributed by atoms with Gasteiger partial charge in [0.25, 0.3) is 0 Å². The van der Waals surface area contributed by atoms with E-state index in [0.717, 1.165) is 28.7 Å².